The molecule has 0 atom stereocenters. The predicted octanol–water partition coefficient (Wildman–Crippen LogP) is 2.38. The fourth-order valence-electron chi connectivity index (χ4n) is 1.62. The second kappa shape index (κ2) is 6.16. The van der Waals surface area contributed by atoms with E-state index in [4.69, 9.17) is 0 Å². The Morgan fingerprint density at radius 1 is 1.44 bits per heavy atom. The molecule has 0 radical (unpaired) electrons. The number of hydrogen-bond donors (Lipinski definition) is 0. The molecule has 0 saturated carbocycles. The van der Waals surface area contributed by atoms with Gasteiger partial charge in [-0.15, -0.1) is 0 Å². The van der Waals surface area contributed by atoms with E-state index in [-0.39, 0.29) is 5.97 Å². The van der Waals surface area contributed by atoms with Crippen LogP contribution in [0.5, 0.6) is 0 Å². The lowest BCUT2D eigenvalue weighted by molar-refractivity contribution is -0.140. The van der Waals surface area contributed by atoms with Crippen molar-refractivity contribution in [3.63, 3.8) is 0 Å². The predicted molar refractivity (Wildman–Crippen MR) is 65.7 cm³/mol. The molecule has 0 N–H and O–H groups in total. The Kier molecular flexibility index (Phi) is 4.83. The lowest BCUT2D eigenvalue weighted by atomic mass is 10.2. The Labute approximate surface area is 97.0 Å². The third kappa shape index (κ3) is 3.57. The lowest BCUT2D eigenvalue weighted by Gasteiger charge is -2.22. The third-order valence-corrected chi connectivity index (χ3v) is 2.56. The first-order chi connectivity index (χ1) is 7.67. The first kappa shape index (κ1) is 12.6. The van der Waals surface area contributed by atoms with Crippen LogP contribution in [0.3, 0.4) is 0 Å². The monoisotopic (exact) mass is 221 g/mol. The Morgan fingerprint density at radius 2 is 2.19 bits per heavy atom. The molecule has 88 valence electrons. The van der Waals surface area contributed by atoms with Crippen LogP contribution in [0.4, 0.5) is 5.69 Å². The maximum atomic E-state index is 11.1. The first-order valence-electron chi connectivity index (χ1n) is 5.55. The van der Waals surface area contributed by atoms with E-state index in [1.54, 1.807) is 0 Å². The number of rotatable bonds is 5. The number of esters is 1. The molecule has 0 aromatic heterocycles. The standard InChI is InChI=1S/C13H19NO2/c1-4-14(9-8-13(15)16-3)12-7-5-6-11(2)10-12/h5-7,10H,4,8-9H2,1-3H3. The van der Waals surface area contributed by atoms with Gasteiger partial charge in [0.25, 0.3) is 0 Å². The fourth-order valence-corrected chi connectivity index (χ4v) is 1.62. The summed E-state index contributed by atoms with van der Waals surface area (Å²) in [7, 11) is 1.42. The van der Waals surface area contributed by atoms with Crippen molar-refractivity contribution in [1.82, 2.24) is 0 Å². The highest BCUT2D eigenvalue weighted by molar-refractivity contribution is 5.70. The van der Waals surface area contributed by atoms with Gasteiger partial charge in [-0.05, 0) is 31.5 Å². The number of carbonyl (C=O) groups excluding carboxylic acids is 1. The van der Waals surface area contributed by atoms with Gasteiger partial charge in [-0.3, -0.25) is 4.79 Å². The van der Waals surface area contributed by atoms with Gasteiger partial charge in [0.2, 0.25) is 0 Å². The molecule has 0 bridgehead atoms. The van der Waals surface area contributed by atoms with Crippen LogP contribution in [-0.4, -0.2) is 26.2 Å². The molecule has 0 amide bonds. The van der Waals surface area contributed by atoms with Crippen molar-refractivity contribution in [2.45, 2.75) is 20.3 Å². The van der Waals surface area contributed by atoms with Crippen molar-refractivity contribution in [1.29, 1.82) is 0 Å². The van der Waals surface area contributed by atoms with Gasteiger partial charge in [0, 0.05) is 18.8 Å². The molecule has 3 nitrogen and oxygen atoms in total. The smallest absolute Gasteiger partial charge is 0.307 e. The molecule has 0 aliphatic rings. The Bertz CT molecular complexity index is 350. The average molecular weight is 221 g/mol. The quantitative estimate of drug-likeness (QED) is 0.715. The zero-order valence-electron chi connectivity index (χ0n) is 10.2. The summed E-state index contributed by atoms with van der Waals surface area (Å²) in [6, 6.07) is 8.29. The molecule has 16 heavy (non-hydrogen) atoms. The summed E-state index contributed by atoms with van der Waals surface area (Å²) in [5.74, 6) is -0.161. The topological polar surface area (TPSA) is 29.5 Å². The molecule has 0 fully saturated rings. The first-order valence-corrected chi connectivity index (χ1v) is 5.55. The molecule has 1 aromatic rings. The van der Waals surface area contributed by atoms with Gasteiger partial charge in [-0.1, -0.05) is 12.1 Å². The molecule has 0 saturated heterocycles. The van der Waals surface area contributed by atoms with E-state index in [9.17, 15) is 4.79 Å². The van der Waals surface area contributed by atoms with E-state index >= 15 is 0 Å². The lowest BCUT2D eigenvalue weighted by Crippen LogP contribution is -2.26. The molecule has 0 unspecified atom stereocenters. The summed E-state index contributed by atoms with van der Waals surface area (Å²) >= 11 is 0. The number of aryl methyl sites for hydroxylation is 1. The summed E-state index contributed by atoms with van der Waals surface area (Å²) < 4.78 is 4.64. The van der Waals surface area contributed by atoms with E-state index in [1.165, 1.54) is 12.7 Å². The van der Waals surface area contributed by atoms with Crippen LogP contribution >= 0.6 is 0 Å². The van der Waals surface area contributed by atoms with Crippen LogP contribution in [-0.2, 0) is 9.53 Å². The Hall–Kier alpha value is -1.51. The number of ether oxygens (including phenoxy) is 1. The van der Waals surface area contributed by atoms with E-state index in [2.05, 4.69) is 41.7 Å². The summed E-state index contributed by atoms with van der Waals surface area (Å²) in [6.45, 7) is 5.74. The highest BCUT2D eigenvalue weighted by atomic mass is 16.5. The van der Waals surface area contributed by atoms with E-state index in [0.717, 1.165) is 12.2 Å². The van der Waals surface area contributed by atoms with E-state index in [1.807, 2.05) is 6.07 Å². The minimum Gasteiger partial charge on any atom is -0.469 e. The number of nitrogens with zero attached hydrogens (tertiary/aromatic N) is 1. The largest absolute Gasteiger partial charge is 0.469 e. The zero-order chi connectivity index (χ0) is 12.0. The molecule has 0 aliphatic heterocycles. The van der Waals surface area contributed by atoms with Crippen LogP contribution in [0.15, 0.2) is 24.3 Å². The summed E-state index contributed by atoms with van der Waals surface area (Å²) in [5.41, 5.74) is 2.39. The number of carbonyl (C=O) groups is 1. The van der Waals surface area contributed by atoms with Crippen molar-refractivity contribution in [2.24, 2.45) is 0 Å². The normalized spacial score (nSPS) is 9.94. The molecule has 1 rings (SSSR count). The maximum Gasteiger partial charge on any atom is 0.307 e. The van der Waals surface area contributed by atoms with Gasteiger partial charge in [0.1, 0.15) is 0 Å². The van der Waals surface area contributed by atoms with Crippen molar-refractivity contribution in [3.8, 4) is 0 Å². The molecule has 0 aliphatic carbocycles. The average Bonchev–Trinajstić information content (AvgIpc) is 2.29. The van der Waals surface area contributed by atoms with Gasteiger partial charge in [0.05, 0.1) is 13.5 Å². The second-order valence-electron chi connectivity index (χ2n) is 3.74. The van der Waals surface area contributed by atoms with Crippen LogP contribution < -0.4 is 4.90 Å². The van der Waals surface area contributed by atoms with Crippen molar-refractivity contribution in [2.75, 3.05) is 25.1 Å². The van der Waals surface area contributed by atoms with Gasteiger partial charge in [-0.2, -0.15) is 0 Å². The Morgan fingerprint density at radius 3 is 2.75 bits per heavy atom. The molecule has 3 heteroatoms. The van der Waals surface area contributed by atoms with Gasteiger partial charge >= 0.3 is 5.97 Å². The molecule has 1 aromatic carbocycles. The maximum absolute atomic E-state index is 11.1. The highest BCUT2D eigenvalue weighted by Crippen LogP contribution is 2.15. The number of benzene rings is 1. The molecule has 0 heterocycles. The minimum absolute atomic E-state index is 0.161. The SMILES string of the molecule is CCN(CCC(=O)OC)c1cccc(C)c1. The van der Waals surface area contributed by atoms with Crippen LogP contribution in [0.25, 0.3) is 0 Å². The molecular weight excluding hydrogens is 202 g/mol. The molecule has 0 spiro atoms. The van der Waals surface area contributed by atoms with Crippen molar-refractivity contribution in [3.05, 3.63) is 29.8 Å². The summed E-state index contributed by atoms with van der Waals surface area (Å²) in [4.78, 5) is 13.3. The fraction of sp³-hybridized carbons (Fsp3) is 0.462. The Balaban J connectivity index is 2.64. The molecular formula is C13H19NO2. The summed E-state index contributed by atoms with van der Waals surface area (Å²) in [6.07, 6.45) is 0.429. The highest BCUT2D eigenvalue weighted by Gasteiger charge is 2.07. The van der Waals surface area contributed by atoms with Crippen molar-refractivity contribution < 1.29 is 9.53 Å². The second-order valence-corrected chi connectivity index (χ2v) is 3.74. The van der Waals surface area contributed by atoms with Crippen LogP contribution in [0.2, 0.25) is 0 Å². The number of anilines is 1. The zero-order valence-corrected chi connectivity index (χ0v) is 10.2. The van der Waals surface area contributed by atoms with Crippen LogP contribution in [0.1, 0.15) is 18.9 Å². The number of hydrogen-bond acceptors (Lipinski definition) is 3. The summed E-state index contributed by atoms with van der Waals surface area (Å²) in [5, 5.41) is 0. The van der Waals surface area contributed by atoms with E-state index in [0.29, 0.717) is 13.0 Å². The van der Waals surface area contributed by atoms with Gasteiger partial charge in [-0.25, -0.2) is 0 Å². The van der Waals surface area contributed by atoms with E-state index < -0.39 is 0 Å². The van der Waals surface area contributed by atoms with Crippen LogP contribution in [0, 0.1) is 6.92 Å². The minimum atomic E-state index is -0.161. The van der Waals surface area contributed by atoms with Crippen molar-refractivity contribution >= 4 is 11.7 Å². The number of methoxy groups -OCH3 is 1. The third-order valence-electron chi connectivity index (χ3n) is 2.56. The van der Waals surface area contributed by atoms with Gasteiger partial charge < -0.3 is 9.64 Å². The van der Waals surface area contributed by atoms with Gasteiger partial charge in [0.15, 0.2) is 0 Å².